The predicted molar refractivity (Wildman–Crippen MR) is 120 cm³/mol. The molecule has 8 heteroatoms. The second kappa shape index (κ2) is 9.18. The number of benzene rings is 2. The van der Waals surface area contributed by atoms with Crippen molar-refractivity contribution in [2.45, 2.75) is 13.0 Å². The van der Waals surface area contributed by atoms with Crippen molar-refractivity contribution >= 4 is 45.0 Å². The maximum absolute atomic E-state index is 12.7. The quantitative estimate of drug-likeness (QED) is 0.521. The van der Waals surface area contributed by atoms with Gasteiger partial charge in [0.2, 0.25) is 11.8 Å². The van der Waals surface area contributed by atoms with E-state index in [0.29, 0.717) is 25.2 Å². The third-order valence-corrected chi connectivity index (χ3v) is 5.56. The summed E-state index contributed by atoms with van der Waals surface area (Å²) in [7, 11) is 0. The fraction of sp³-hybridized carbons (Fsp3) is 0.174. The van der Waals surface area contributed by atoms with Crippen molar-refractivity contribution in [3.05, 3.63) is 82.7 Å². The molecule has 0 bridgehead atoms. The zero-order valence-electron chi connectivity index (χ0n) is 16.5. The van der Waals surface area contributed by atoms with Crippen molar-refractivity contribution in [3.8, 4) is 0 Å². The van der Waals surface area contributed by atoms with Crippen LogP contribution < -0.4 is 15.5 Å². The lowest BCUT2D eigenvalue weighted by atomic mass is 10.1. The Morgan fingerprint density at radius 2 is 1.90 bits per heavy atom. The third kappa shape index (κ3) is 4.86. The molecule has 0 aliphatic carbocycles. The molecule has 7 nitrogen and oxygen atoms in total. The van der Waals surface area contributed by atoms with Gasteiger partial charge in [-0.3, -0.25) is 14.4 Å². The average Bonchev–Trinajstić information content (AvgIpc) is 3.43. The van der Waals surface area contributed by atoms with Gasteiger partial charge in [0.05, 0.1) is 6.26 Å². The lowest BCUT2D eigenvalue weighted by Gasteiger charge is -2.17. The van der Waals surface area contributed by atoms with E-state index in [0.717, 1.165) is 15.7 Å². The molecule has 1 aliphatic heterocycles. The van der Waals surface area contributed by atoms with E-state index in [2.05, 4.69) is 26.6 Å². The Kier molecular flexibility index (Phi) is 6.18. The van der Waals surface area contributed by atoms with Crippen molar-refractivity contribution in [2.24, 2.45) is 5.92 Å². The summed E-state index contributed by atoms with van der Waals surface area (Å²) in [6.45, 7) is 0.809. The number of hydrogen-bond donors (Lipinski definition) is 2. The van der Waals surface area contributed by atoms with E-state index in [4.69, 9.17) is 4.42 Å². The van der Waals surface area contributed by atoms with Crippen LogP contribution in [-0.4, -0.2) is 24.3 Å². The Morgan fingerprint density at radius 1 is 1.10 bits per heavy atom. The minimum atomic E-state index is -0.689. The summed E-state index contributed by atoms with van der Waals surface area (Å²) >= 11 is 3.41. The molecule has 1 aromatic heterocycles. The number of nitrogens with one attached hydrogen (secondary N) is 2. The summed E-state index contributed by atoms with van der Waals surface area (Å²) in [4.78, 5) is 38.9. The molecule has 1 fully saturated rings. The van der Waals surface area contributed by atoms with Crippen LogP contribution >= 0.6 is 15.9 Å². The molecule has 2 N–H and O–H groups in total. The van der Waals surface area contributed by atoms with Crippen LogP contribution in [0, 0.1) is 5.92 Å². The molecule has 0 radical (unpaired) electrons. The maximum atomic E-state index is 12.7. The molecule has 31 heavy (non-hydrogen) atoms. The van der Waals surface area contributed by atoms with Crippen LogP contribution in [0.5, 0.6) is 0 Å². The van der Waals surface area contributed by atoms with Gasteiger partial charge in [-0.05, 0) is 54.4 Å². The summed E-state index contributed by atoms with van der Waals surface area (Å²) in [5.41, 5.74) is 2.26. The molecule has 1 aliphatic rings. The Morgan fingerprint density at radius 3 is 2.61 bits per heavy atom. The zero-order chi connectivity index (χ0) is 21.8. The van der Waals surface area contributed by atoms with Gasteiger partial charge in [-0.25, -0.2) is 0 Å². The summed E-state index contributed by atoms with van der Waals surface area (Å²) in [6.07, 6.45) is 1.92. The smallest absolute Gasteiger partial charge is 0.291 e. The Balaban J connectivity index is 1.30. The van der Waals surface area contributed by atoms with Gasteiger partial charge in [0, 0.05) is 28.9 Å². The molecule has 1 saturated heterocycles. The normalized spacial score (nSPS) is 15.7. The number of carbonyl (C=O) groups excluding carboxylic acids is 3. The van der Waals surface area contributed by atoms with Gasteiger partial charge < -0.3 is 20.0 Å². The van der Waals surface area contributed by atoms with E-state index in [1.165, 1.54) is 6.26 Å². The van der Waals surface area contributed by atoms with E-state index in [9.17, 15) is 14.4 Å². The highest BCUT2D eigenvalue weighted by molar-refractivity contribution is 9.10. The molecule has 158 valence electrons. The number of carbonyl (C=O) groups is 3. The average molecular weight is 482 g/mol. The molecule has 3 aromatic rings. The summed E-state index contributed by atoms with van der Waals surface area (Å²) in [6, 6.07) is 17.8. The van der Waals surface area contributed by atoms with Crippen LogP contribution in [0.3, 0.4) is 0 Å². The summed E-state index contributed by atoms with van der Waals surface area (Å²) in [5.74, 6) is -1.26. The van der Waals surface area contributed by atoms with Gasteiger partial charge in [0.1, 0.15) is 5.92 Å². The van der Waals surface area contributed by atoms with E-state index in [1.54, 1.807) is 29.2 Å². The minimum Gasteiger partial charge on any atom is -0.459 e. The van der Waals surface area contributed by atoms with E-state index >= 15 is 0 Å². The van der Waals surface area contributed by atoms with E-state index in [1.807, 2.05) is 36.4 Å². The van der Waals surface area contributed by atoms with Crippen LogP contribution in [0.15, 0.2) is 75.8 Å². The Bertz CT molecular complexity index is 1100. The largest absolute Gasteiger partial charge is 0.459 e. The number of hydrogen-bond acceptors (Lipinski definition) is 4. The molecule has 0 spiro atoms. The van der Waals surface area contributed by atoms with E-state index < -0.39 is 5.92 Å². The van der Waals surface area contributed by atoms with Crippen molar-refractivity contribution in [1.29, 1.82) is 0 Å². The molecule has 4 rings (SSSR count). The SMILES string of the molecule is O=C(Nc1ccc(CNC(=O)C2CCN(c3cccc(Br)c3)C2=O)cc1)c1ccco1. The van der Waals surface area contributed by atoms with E-state index in [-0.39, 0.29) is 23.5 Å². The lowest BCUT2D eigenvalue weighted by Crippen LogP contribution is -2.36. The minimum absolute atomic E-state index is 0.188. The maximum Gasteiger partial charge on any atom is 0.291 e. The molecular formula is C23H20BrN3O4. The van der Waals surface area contributed by atoms with Crippen molar-refractivity contribution in [3.63, 3.8) is 0 Å². The molecule has 3 amide bonds. The lowest BCUT2D eigenvalue weighted by molar-refractivity contribution is -0.132. The van der Waals surface area contributed by atoms with Crippen LogP contribution in [0.4, 0.5) is 11.4 Å². The van der Waals surface area contributed by atoms with Crippen LogP contribution in [0.25, 0.3) is 0 Å². The van der Waals surface area contributed by atoms with Gasteiger partial charge in [-0.15, -0.1) is 0 Å². The Labute approximate surface area is 187 Å². The number of furan rings is 1. The van der Waals surface area contributed by atoms with Crippen molar-refractivity contribution in [2.75, 3.05) is 16.8 Å². The highest BCUT2D eigenvalue weighted by Crippen LogP contribution is 2.27. The first-order valence-corrected chi connectivity index (χ1v) is 10.6. The molecule has 2 aromatic carbocycles. The second-order valence-corrected chi connectivity index (χ2v) is 8.07. The van der Waals surface area contributed by atoms with Gasteiger partial charge in [-0.2, -0.15) is 0 Å². The zero-order valence-corrected chi connectivity index (χ0v) is 18.1. The fourth-order valence-electron chi connectivity index (χ4n) is 3.44. The highest BCUT2D eigenvalue weighted by Gasteiger charge is 2.37. The topological polar surface area (TPSA) is 91.7 Å². The number of amides is 3. The monoisotopic (exact) mass is 481 g/mol. The van der Waals surface area contributed by atoms with Gasteiger partial charge in [0.15, 0.2) is 5.76 Å². The second-order valence-electron chi connectivity index (χ2n) is 7.16. The van der Waals surface area contributed by atoms with Gasteiger partial charge in [0.25, 0.3) is 5.91 Å². The molecule has 2 heterocycles. The molecular weight excluding hydrogens is 462 g/mol. The first-order valence-electron chi connectivity index (χ1n) is 9.80. The van der Waals surface area contributed by atoms with Crippen LogP contribution in [0.1, 0.15) is 22.5 Å². The standard InChI is InChI=1S/C23H20BrN3O4/c24-16-3-1-4-18(13-16)27-11-10-19(23(27)30)21(28)25-14-15-6-8-17(9-7-15)26-22(29)20-5-2-12-31-20/h1-9,12-13,19H,10-11,14H2,(H,25,28)(H,26,29). The summed E-state index contributed by atoms with van der Waals surface area (Å²) < 4.78 is 5.95. The Hall–Kier alpha value is -3.39. The highest BCUT2D eigenvalue weighted by atomic mass is 79.9. The molecule has 1 atom stereocenters. The first-order chi connectivity index (χ1) is 15.0. The molecule has 0 saturated carbocycles. The first kappa shape index (κ1) is 20.9. The number of rotatable bonds is 6. The van der Waals surface area contributed by atoms with Crippen molar-refractivity contribution < 1.29 is 18.8 Å². The number of halogens is 1. The predicted octanol–water partition coefficient (Wildman–Crippen LogP) is 3.96. The molecule has 1 unspecified atom stereocenters. The van der Waals surface area contributed by atoms with Gasteiger partial charge >= 0.3 is 0 Å². The van der Waals surface area contributed by atoms with Crippen molar-refractivity contribution in [1.82, 2.24) is 5.32 Å². The fourth-order valence-corrected chi connectivity index (χ4v) is 3.83. The van der Waals surface area contributed by atoms with Crippen LogP contribution in [0.2, 0.25) is 0 Å². The third-order valence-electron chi connectivity index (χ3n) is 5.07. The summed E-state index contributed by atoms with van der Waals surface area (Å²) in [5, 5.41) is 5.58. The number of nitrogens with zero attached hydrogens (tertiary/aromatic N) is 1. The number of anilines is 2. The van der Waals surface area contributed by atoms with Crippen LogP contribution in [-0.2, 0) is 16.1 Å². The van der Waals surface area contributed by atoms with Gasteiger partial charge in [-0.1, -0.05) is 34.1 Å².